The van der Waals surface area contributed by atoms with Gasteiger partial charge in [0, 0.05) is 65.0 Å². The van der Waals surface area contributed by atoms with Crippen LogP contribution in [0.4, 0.5) is 11.9 Å². The van der Waals surface area contributed by atoms with Crippen molar-refractivity contribution in [1.29, 1.82) is 0 Å². The summed E-state index contributed by atoms with van der Waals surface area (Å²) in [6, 6.07) is 9.59. The number of carbonyl (C=O) groups excluding carboxylic acids is 4. The first kappa shape index (κ1) is 47.2. The fraction of sp³-hybridized carbons (Fsp3) is 0.370. The van der Waals surface area contributed by atoms with E-state index in [-0.39, 0.29) is 49.0 Å². The van der Waals surface area contributed by atoms with Crippen LogP contribution in [0.15, 0.2) is 61.1 Å². The zero-order valence-electron chi connectivity index (χ0n) is 39.0. The zero-order chi connectivity index (χ0) is 48.1. The van der Waals surface area contributed by atoms with Crippen LogP contribution in [0.5, 0.6) is 11.5 Å². The van der Waals surface area contributed by atoms with Crippen LogP contribution in [0.25, 0.3) is 22.1 Å². The minimum atomic E-state index is -0.733. The van der Waals surface area contributed by atoms with Gasteiger partial charge in [0.1, 0.15) is 33.9 Å². The Morgan fingerprint density at radius 1 is 0.821 bits per heavy atom. The number of fused-ring (bicyclic) bond motifs is 2. The van der Waals surface area contributed by atoms with E-state index in [1.165, 1.54) is 13.2 Å². The lowest BCUT2D eigenvalue weighted by atomic mass is 10.1. The average molecular weight is 916 g/mol. The van der Waals surface area contributed by atoms with E-state index in [1.54, 1.807) is 50.4 Å². The van der Waals surface area contributed by atoms with Crippen LogP contribution in [-0.2, 0) is 44.4 Å². The molecule has 352 valence electrons. The molecule has 21 heteroatoms. The van der Waals surface area contributed by atoms with Gasteiger partial charge < -0.3 is 39.5 Å². The number of nitrogens with two attached hydrogens (primary N) is 2. The summed E-state index contributed by atoms with van der Waals surface area (Å²) < 4.78 is 20.8. The normalized spacial score (nSPS) is 12.0. The fourth-order valence-corrected chi connectivity index (χ4v) is 7.94. The Morgan fingerprint density at radius 3 is 1.91 bits per heavy atom. The second-order valence-electron chi connectivity index (χ2n) is 16.3. The van der Waals surface area contributed by atoms with Crippen LogP contribution in [0.1, 0.15) is 74.2 Å². The Hall–Kier alpha value is -7.81. The van der Waals surface area contributed by atoms with Gasteiger partial charge in [-0.05, 0) is 83.0 Å². The highest BCUT2D eigenvalue weighted by atomic mass is 16.5. The maximum Gasteiger partial charge on any atom is 0.276 e. The first-order valence-electron chi connectivity index (χ1n) is 21.9. The van der Waals surface area contributed by atoms with Crippen molar-refractivity contribution < 1.29 is 28.7 Å². The third kappa shape index (κ3) is 10.4. The van der Waals surface area contributed by atoms with E-state index in [9.17, 15) is 19.2 Å². The molecule has 0 spiro atoms. The number of amides is 4. The number of primary amides is 1. The summed E-state index contributed by atoms with van der Waals surface area (Å²) in [4.78, 5) is 68.5. The molecule has 2 aromatic carbocycles. The molecular formula is C46H57N15O6. The highest BCUT2D eigenvalue weighted by Crippen LogP contribution is 2.33. The standard InChI is InChI=1S/C46H57N15O6/c1-9-60-35(20-28(4)54-60)42(63)52-45-50-33-18-27(3)19-38(67-17-13-14-57(7)44(65)32(47)24-31-25-56(6)26-49-31)40(33)59(45)16-12-11-15-58-39-34(22-30(41(48)62)23-37(39)66-8)51-46(58)53-43(64)36-21-29(5)55-61(36)10-2/h11-12,18-23,25-26,32H,9-10,13-17,24,47H2,1-8H3,(H2,48,62)(H,50,52,63)(H,51,53,64)/b12-11+. The molecule has 21 nitrogen and oxygen atoms in total. The lowest BCUT2D eigenvalue weighted by Crippen LogP contribution is -2.43. The van der Waals surface area contributed by atoms with Crippen molar-refractivity contribution in [2.24, 2.45) is 18.5 Å². The molecule has 67 heavy (non-hydrogen) atoms. The van der Waals surface area contributed by atoms with Crippen molar-refractivity contribution in [2.75, 3.05) is 37.9 Å². The van der Waals surface area contributed by atoms with Gasteiger partial charge in [0.05, 0.1) is 54.2 Å². The van der Waals surface area contributed by atoms with Gasteiger partial charge in [-0.3, -0.25) is 39.2 Å². The second kappa shape index (κ2) is 20.1. The van der Waals surface area contributed by atoms with E-state index in [0.29, 0.717) is 88.8 Å². The van der Waals surface area contributed by atoms with Crippen LogP contribution in [0.2, 0.25) is 0 Å². The molecule has 0 saturated carbocycles. The Bertz CT molecular complexity index is 3010. The number of nitrogens with zero attached hydrogens (tertiary/aromatic N) is 11. The first-order valence-corrected chi connectivity index (χ1v) is 21.9. The number of nitrogens with one attached hydrogen (secondary N) is 2. The smallest absolute Gasteiger partial charge is 0.276 e. The third-order valence-electron chi connectivity index (χ3n) is 11.1. The number of hydrogen-bond acceptors (Lipinski definition) is 12. The molecular weight excluding hydrogens is 859 g/mol. The molecule has 0 aliphatic heterocycles. The minimum absolute atomic E-state index is 0.188. The lowest BCUT2D eigenvalue weighted by molar-refractivity contribution is -0.131. The SMILES string of the molecule is CCn1nc(C)cc1C(=O)Nc1nc2cc(C(N)=O)cc(OC)c2n1C/C=C/Cn1c(NC(=O)c2cc(C)nn2CC)nc2cc(C)cc(OCCCN(C)C(=O)C(N)Cc3cn(C)cn3)c21. The van der Waals surface area contributed by atoms with Crippen LogP contribution in [0, 0.1) is 20.8 Å². The largest absolute Gasteiger partial charge is 0.494 e. The second-order valence-corrected chi connectivity index (χ2v) is 16.3. The summed E-state index contributed by atoms with van der Waals surface area (Å²) in [6.07, 6.45) is 8.13. The van der Waals surface area contributed by atoms with Gasteiger partial charge in [0.25, 0.3) is 11.8 Å². The number of ether oxygens (including phenoxy) is 2. The molecule has 7 aromatic rings. The van der Waals surface area contributed by atoms with Crippen LogP contribution in [0.3, 0.4) is 0 Å². The summed E-state index contributed by atoms with van der Waals surface area (Å²) in [5.74, 6) is -0.328. The van der Waals surface area contributed by atoms with Gasteiger partial charge in [-0.25, -0.2) is 15.0 Å². The van der Waals surface area contributed by atoms with Crippen molar-refractivity contribution in [2.45, 2.75) is 79.7 Å². The quantitative estimate of drug-likeness (QED) is 0.0622. The molecule has 0 aliphatic rings. The number of hydrogen-bond donors (Lipinski definition) is 4. The van der Waals surface area contributed by atoms with Gasteiger partial charge in [-0.1, -0.05) is 12.2 Å². The number of imidazole rings is 3. The molecule has 0 bridgehead atoms. The van der Waals surface area contributed by atoms with E-state index in [1.807, 2.05) is 81.3 Å². The van der Waals surface area contributed by atoms with Crippen molar-refractivity contribution in [3.05, 3.63) is 101 Å². The molecule has 6 N–H and O–H groups in total. The fourth-order valence-electron chi connectivity index (χ4n) is 7.94. The molecule has 0 saturated heterocycles. The minimum Gasteiger partial charge on any atom is -0.494 e. The van der Waals surface area contributed by atoms with E-state index >= 15 is 0 Å². The number of benzene rings is 2. The molecule has 0 aliphatic carbocycles. The Balaban J connectivity index is 1.18. The first-order chi connectivity index (χ1) is 32.1. The number of aromatic nitrogens is 10. The molecule has 0 fully saturated rings. The van der Waals surface area contributed by atoms with Crippen molar-refractivity contribution in [3.63, 3.8) is 0 Å². The lowest BCUT2D eigenvalue weighted by Gasteiger charge is -2.21. The summed E-state index contributed by atoms with van der Waals surface area (Å²) in [7, 11) is 5.05. The van der Waals surface area contributed by atoms with Crippen LogP contribution in [-0.4, -0.2) is 110 Å². The van der Waals surface area contributed by atoms with E-state index < -0.39 is 17.9 Å². The molecule has 0 radical (unpaired) electrons. The topological polar surface area (TPSA) is 255 Å². The summed E-state index contributed by atoms with van der Waals surface area (Å²) in [5.41, 5.74) is 18.0. The van der Waals surface area contributed by atoms with Gasteiger partial charge in [0.2, 0.25) is 23.7 Å². The number of methoxy groups -OCH3 is 1. The maximum absolute atomic E-state index is 13.9. The zero-order valence-corrected chi connectivity index (χ0v) is 39.0. The highest BCUT2D eigenvalue weighted by Gasteiger charge is 2.24. The number of rotatable bonds is 20. The molecule has 1 unspecified atom stereocenters. The molecule has 1 atom stereocenters. The molecule has 5 heterocycles. The van der Waals surface area contributed by atoms with E-state index in [4.69, 9.17) is 30.9 Å². The predicted molar refractivity (Wildman–Crippen MR) is 252 cm³/mol. The summed E-state index contributed by atoms with van der Waals surface area (Å²) >= 11 is 0. The van der Waals surface area contributed by atoms with Crippen molar-refractivity contribution in [1.82, 2.24) is 53.1 Å². The van der Waals surface area contributed by atoms with E-state index in [0.717, 1.165) is 11.3 Å². The van der Waals surface area contributed by atoms with Gasteiger partial charge in [0.15, 0.2) is 0 Å². The average Bonchev–Trinajstić information content (AvgIpc) is 4.13. The maximum atomic E-state index is 13.9. The molecule has 7 rings (SSSR count). The van der Waals surface area contributed by atoms with Gasteiger partial charge in [-0.15, -0.1) is 0 Å². The Kier molecular flexibility index (Phi) is 14.2. The Labute approximate surface area is 386 Å². The van der Waals surface area contributed by atoms with Crippen LogP contribution < -0.4 is 31.6 Å². The monoisotopic (exact) mass is 915 g/mol. The summed E-state index contributed by atoms with van der Waals surface area (Å²) in [5, 5.41) is 14.8. The molecule has 4 amide bonds. The van der Waals surface area contributed by atoms with Crippen molar-refractivity contribution in [3.8, 4) is 11.5 Å². The van der Waals surface area contributed by atoms with Gasteiger partial charge in [-0.2, -0.15) is 10.2 Å². The summed E-state index contributed by atoms with van der Waals surface area (Å²) in [6.45, 7) is 11.4. The Morgan fingerprint density at radius 2 is 1.39 bits per heavy atom. The van der Waals surface area contributed by atoms with Gasteiger partial charge >= 0.3 is 0 Å². The highest BCUT2D eigenvalue weighted by molar-refractivity contribution is 6.05. The number of likely N-dealkylation sites (N-methyl/N-ethyl adjacent to an activating group) is 1. The number of carbonyl (C=O) groups is 4. The number of allylic oxidation sites excluding steroid dienone is 2. The third-order valence-corrected chi connectivity index (χ3v) is 11.1. The molecule has 5 aromatic heterocycles. The predicted octanol–water partition coefficient (Wildman–Crippen LogP) is 4.14. The van der Waals surface area contributed by atoms with Crippen molar-refractivity contribution >= 4 is 57.6 Å². The van der Waals surface area contributed by atoms with E-state index in [2.05, 4.69) is 25.8 Å². The number of anilines is 2. The van der Waals surface area contributed by atoms with Crippen LogP contribution >= 0.6 is 0 Å². The number of aryl methyl sites for hydroxylation is 6.